The Balaban J connectivity index is 0.000000550. The third-order valence-electron chi connectivity index (χ3n) is 15.7. The molecule has 10 aromatic carbocycles. The van der Waals surface area contributed by atoms with Gasteiger partial charge in [-0.1, -0.05) is 192 Å². The van der Waals surface area contributed by atoms with Crippen molar-refractivity contribution in [3.05, 3.63) is 240 Å². The molecule has 0 bridgehead atoms. The number of phenolic OH excluding ortho intramolecular Hbond substituents is 2. The Bertz CT molecular complexity index is 3520. The van der Waals surface area contributed by atoms with Gasteiger partial charge in [-0.15, -0.1) is 24.3 Å². The summed E-state index contributed by atoms with van der Waals surface area (Å²) in [4.78, 5) is 0. The van der Waals surface area contributed by atoms with Gasteiger partial charge in [-0.05, 0) is 122 Å². The first-order chi connectivity index (χ1) is 37.8. The summed E-state index contributed by atoms with van der Waals surface area (Å²) in [7, 11) is 3.40. The summed E-state index contributed by atoms with van der Waals surface area (Å²) >= 11 is 0. The molecule has 0 aliphatic heterocycles. The number of hydrogen-bond acceptors (Lipinski definition) is 4. The van der Waals surface area contributed by atoms with Crippen LogP contribution in [0.2, 0.25) is 0 Å². The predicted molar refractivity (Wildman–Crippen MR) is 343 cm³/mol. The summed E-state index contributed by atoms with van der Waals surface area (Å²) in [6.45, 7) is 34.4. The molecule has 10 aromatic rings. The van der Waals surface area contributed by atoms with Gasteiger partial charge < -0.3 is 19.7 Å². The molecular weight excluding hydrogens is 1160 g/mol. The molecule has 2 N–H and O–H groups in total. The number of ether oxygens (including phenoxy) is 2. The van der Waals surface area contributed by atoms with Crippen LogP contribution in [0.25, 0.3) is 65.3 Å². The van der Waals surface area contributed by atoms with Gasteiger partial charge in [-0.3, -0.25) is 0 Å². The van der Waals surface area contributed by atoms with Crippen LogP contribution in [-0.2, 0) is 69.8 Å². The minimum Gasteiger partial charge on any atom is -0.507 e. The first kappa shape index (κ1) is 62.0. The summed E-state index contributed by atoms with van der Waals surface area (Å²) in [6, 6.07) is 63.6. The molecule has 10 rings (SSSR count). The molecule has 0 saturated carbocycles. The fraction of sp³-hybridized carbons (Fsp3) is 0.289. The van der Waals surface area contributed by atoms with Gasteiger partial charge in [0.05, 0.1) is 12.2 Å². The second-order valence-corrected chi connectivity index (χ2v) is 25.8. The largest absolute Gasteiger partial charge is 0.507 e. The van der Waals surface area contributed by atoms with E-state index in [1.807, 2.05) is 97.1 Å². The van der Waals surface area contributed by atoms with Crippen LogP contribution in [0.15, 0.2) is 182 Å². The van der Waals surface area contributed by atoms with Crippen LogP contribution in [0.3, 0.4) is 0 Å². The van der Waals surface area contributed by atoms with Crippen LogP contribution >= 0.6 is 0 Å². The molecule has 0 aliphatic rings. The Kier molecular flexibility index (Phi) is 19.3. The van der Waals surface area contributed by atoms with Crippen molar-refractivity contribution < 1.29 is 45.5 Å². The number of rotatable bonds is 9. The number of fused-ring (bicyclic) bond motifs is 4. The molecule has 0 spiro atoms. The second-order valence-electron chi connectivity index (χ2n) is 25.8. The fourth-order valence-corrected chi connectivity index (χ4v) is 10.7. The first-order valence-electron chi connectivity index (χ1n) is 28.2. The number of methoxy groups -OCH3 is 2. The monoisotopic (exact) mass is 1240 g/mol. The normalized spacial score (nSPS) is 12.8. The number of phenols is 2. The number of hydrogen-bond donors (Lipinski definition) is 2. The molecule has 0 amide bonds. The van der Waals surface area contributed by atoms with Crippen molar-refractivity contribution >= 4 is 43.1 Å². The molecule has 0 aromatic heterocycles. The van der Waals surface area contributed by atoms with Crippen LogP contribution in [0.1, 0.15) is 128 Å². The molecule has 0 saturated heterocycles. The maximum absolute atomic E-state index is 12.4. The molecule has 418 valence electrons. The van der Waals surface area contributed by atoms with Crippen LogP contribution in [0, 0.1) is 13.8 Å². The molecule has 2 unspecified atom stereocenters. The zero-order chi connectivity index (χ0) is 57.9. The van der Waals surface area contributed by atoms with E-state index in [9.17, 15) is 10.2 Å². The van der Waals surface area contributed by atoms with Gasteiger partial charge >= 0.3 is 0 Å². The van der Waals surface area contributed by atoms with Crippen molar-refractivity contribution in [3.63, 3.8) is 0 Å². The van der Waals surface area contributed by atoms with Crippen molar-refractivity contribution in [1.82, 2.24) is 0 Å². The zero-order valence-corrected chi connectivity index (χ0v) is 54.1. The summed E-state index contributed by atoms with van der Waals surface area (Å²) in [5, 5.41) is 33.9. The standard InChI is InChI=1S/C62H70O4.2C7H7.Hf/c1-59(2,3)43-25-27-47-41(31-43)29-37-21-23-45(61(7,8)9)35-51(37)55(47)49-19-15-17-39(57(49)63)33-53(65-13)54(66-14)34-40-18-16-20-50(58(40)64)56-48-28-26-44(60(4,5)6)32-42(48)30-38-22-24-46(36-52(38)56)62(10,11)12;2*1-7-5-3-2-4-6-7;/h15-32,35-36,53-54,63-64H,33-34H2,1-14H3;2*2-6H,1H2;/q;2*-1;. The predicted octanol–water partition coefficient (Wildman–Crippen LogP) is 19.8. The maximum atomic E-state index is 12.4. The minimum atomic E-state index is -0.436. The SMILES string of the molecule is COC(Cc1cccc(-c2c3ccc(C(C)(C)C)cc3cc3ccc(C(C)(C)C)cc23)c1O)C(Cc1cccc(-c2c3ccc(C(C)(C)C)cc3cc3ccc(C(C)(C)C)cc23)c1O)OC.[CH2-]c1ccccc1.[CH2-]c1ccccc1.[Hf]. The van der Waals surface area contributed by atoms with Crippen molar-refractivity contribution in [3.8, 4) is 33.8 Å². The molecule has 2 atom stereocenters. The van der Waals surface area contributed by atoms with E-state index in [0.717, 1.165) is 87.6 Å². The van der Waals surface area contributed by atoms with Crippen molar-refractivity contribution in [2.45, 2.75) is 130 Å². The number of aromatic hydroxyl groups is 2. The van der Waals surface area contributed by atoms with E-state index >= 15 is 0 Å². The Morgan fingerprint density at radius 2 is 0.679 bits per heavy atom. The van der Waals surface area contributed by atoms with Gasteiger partial charge in [-0.25, -0.2) is 0 Å². The molecule has 5 heteroatoms. The Hall–Kier alpha value is -6.63. The molecule has 0 heterocycles. The van der Waals surface area contributed by atoms with E-state index < -0.39 is 12.2 Å². The van der Waals surface area contributed by atoms with Gasteiger partial charge in [0.15, 0.2) is 0 Å². The third-order valence-corrected chi connectivity index (χ3v) is 15.7. The van der Waals surface area contributed by atoms with E-state index in [0.29, 0.717) is 12.8 Å². The van der Waals surface area contributed by atoms with Gasteiger partial charge in [0.2, 0.25) is 0 Å². The van der Waals surface area contributed by atoms with E-state index in [-0.39, 0.29) is 59.0 Å². The van der Waals surface area contributed by atoms with E-state index in [1.165, 1.54) is 22.3 Å². The third kappa shape index (κ3) is 14.4. The Morgan fingerprint density at radius 3 is 0.975 bits per heavy atom. The molecule has 0 aliphatic carbocycles. The van der Waals surface area contributed by atoms with Crippen LogP contribution in [-0.4, -0.2) is 36.6 Å². The van der Waals surface area contributed by atoms with Crippen LogP contribution in [0.5, 0.6) is 11.5 Å². The molecule has 0 radical (unpaired) electrons. The van der Waals surface area contributed by atoms with Crippen molar-refractivity contribution in [1.29, 1.82) is 0 Å². The zero-order valence-electron chi connectivity index (χ0n) is 50.5. The van der Waals surface area contributed by atoms with Crippen LogP contribution < -0.4 is 0 Å². The average Bonchev–Trinajstić information content (AvgIpc) is 3.41. The van der Waals surface area contributed by atoms with E-state index in [2.05, 4.69) is 182 Å². The Labute approximate surface area is 503 Å². The van der Waals surface area contributed by atoms with Gasteiger partial charge in [0, 0.05) is 75.2 Å². The molecule has 4 nitrogen and oxygen atoms in total. The summed E-state index contributed by atoms with van der Waals surface area (Å²) in [5.74, 6) is 0.474. The molecular formula is C76H84HfO4-2. The van der Waals surface area contributed by atoms with Crippen molar-refractivity contribution in [2.24, 2.45) is 0 Å². The smallest absolute Gasteiger partial charge is 0.126 e. The fourth-order valence-electron chi connectivity index (χ4n) is 10.7. The van der Waals surface area contributed by atoms with Gasteiger partial charge in [0.25, 0.3) is 0 Å². The summed E-state index contributed by atoms with van der Waals surface area (Å²) < 4.78 is 12.5. The van der Waals surface area contributed by atoms with Crippen molar-refractivity contribution in [2.75, 3.05) is 14.2 Å². The summed E-state index contributed by atoms with van der Waals surface area (Å²) in [6.07, 6.45) is -0.0691. The van der Waals surface area contributed by atoms with Gasteiger partial charge in [-0.2, -0.15) is 49.2 Å². The van der Waals surface area contributed by atoms with E-state index in [4.69, 9.17) is 9.47 Å². The minimum absolute atomic E-state index is 0. The number of para-hydroxylation sites is 2. The topological polar surface area (TPSA) is 58.9 Å². The summed E-state index contributed by atoms with van der Waals surface area (Å²) in [5.41, 5.74) is 12.2. The quantitative estimate of drug-likeness (QED) is 0.0859. The average molecular weight is 1240 g/mol. The van der Waals surface area contributed by atoms with Crippen LogP contribution in [0.4, 0.5) is 0 Å². The van der Waals surface area contributed by atoms with E-state index in [1.54, 1.807) is 14.2 Å². The number of benzene rings is 10. The maximum Gasteiger partial charge on any atom is 0.126 e. The molecule has 0 fully saturated rings. The van der Waals surface area contributed by atoms with Gasteiger partial charge in [0.1, 0.15) is 11.5 Å². The Morgan fingerprint density at radius 1 is 0.358 bits per heavy atom. The second kappa shape index (κ2) is 25.2. The molecule has 81 heavy (non-hydrogen) atoms. The first-order valence-corrected chi connectivity index (χ1v) is 28.2.